The first kappa shape index (κ1) is 68.1. The number of aliphatic hydroxyl groups excluding tert-OH is 2. The zero-order valence-corrected chi connectivity index (χ0v) is 47.0. The summed E-state index contributed by atoms with van der Waals surface area (Å²) < 4.78 is 5.48. The van der Waals surface area contributed by atoms with E-state index in [1.165, 1.54) is 263 Å². The second kappa shape index (κ2) is 59.6. The lowest BCUT2D eigenvalue weighted by Gasteiger charge is -2.20. The zero-order valence-electron chi connectivity index (χ0n) is 47.0. The van der Waals surface area contributed by atoms with Crippen molar-refractivity contribution in [3.8, 4) is 0 Å². The van der Waals surface area contributed by atoms with Gasteiger partial charge in [-0.1, -0.05) is 275 Å². The van der Waals surface area contributed by atoms with Gasteiger partial charge in [0, 0.05) is 12.8 Å². The van der Waals surface area contributed by atoms with Gasteiger partial charge in [0.25, 0.3) is 0 Å². The fourth-order valence-corrected chi connectivity index (χ4v) is 9.57. The second-order valence-corrected chi connectivity index (χ2v) is 21.4. The highest BCUT2D eigenvalue weighted by atomic mass is 16.5. The predicted octanol–water partition coefficient (Wildman–Crippen LogP) is 19.6. The molecule has 0 fully saturated rings. The maximum atomic E-state index is 12.5. The Labute approximate surface area is 436 Å². The highest BCUT2D eigenvalue weighted by Crippen LogP contribution is 2.17. The molecule has 0 saturated heterocycles. The number of hydrogen-bond acceptors (Lipinski definition) is 5. The number of amides is 1. The number of ether oxygens (including phenoxy) is 1. The van der Waals surface area contributed by atoms with E-state index in [0.29, 0.717) is 19.4 Å². The van der Waals surface area contributed by atoms with Crippen molar-refractivity contribution in [3.05, 3.63) is 36.5 Å². The second-order valence-electron chi connectivity index (χ2n) is 21.4. The summed E-state index contributed by atoms with van der Waals surface area (Å²) >= 11 is 0. The number of hydrogen-bond donors (Lipinski definition) is 3. The third kappa shape index (κ3) is 55.4. The van der Waals surface area contributed by atoms with Crippen LogP contribution in [0.25, 0.3) is 0 Å². The third-order valence-electron chi connectivity index (χ3n) is 14.4. The van der Waals surface area contributed by atoms with E-state index in [1.807, 2.05) is 6.08 Å². The van der Waals surface area contributed by atoms with E-state index in [9.17, 15) is 19.8 Å². The van der Waals surface area contributed by atoms with Gasteiger partial charge < -0.3 is 20.3 Å². The predicted molar refractivity (Wildman–Crippen MR) is 306 cm³/mol. The highest BCUT2D eigenvalue weighted by molar-refractivity contribution is 5.76. The highest BCUT2D eigenvalue weighted by Gasteiger charge is 2.18. The molecule has 0 rings (SSSR count). The number of carbonyl (C=O) groups excluding carboxylic acids is 2. The van der Waals surface area contributed by atoms with Crippen molar-refractivity contribution >= 4 is 11.9 Å². The fraction of sp³-hybridized carbons (Fsp3) is 0.875. The molecule has 0 aromatic heterocycles. The average Bonchev–Trinajstić information content (AvgIpc) is 3.36. The number of rotatable bonds is 58. The van der Waals surface area contributed by atoms with Gasteiger partial charge in [0.1, 0.15) is 0 Å². The monoisotopic (exact) mass is 984 g/mol. The van der Waals surface area contributed by atoms with Crippen molar-refractivity contribution < 1.29 is 24.5 Å². The standard InChI is InChI=1S/C64H121NO5/c1-3-5-7-9-11-13-15-17-29-34-38-42-46-50-54-58-64(69)70-59-55-51-47-43-39-35-31-28-26-24-22-20-19-21-23-25-27-30-33-37-41-45-49-53-57-63(68)65-61(60-66)62(67)56-52-48-44-40-36-32-18-16-14-12-10-8-6-4-2/h17,21,23,29,52,56,61-62,66-67H,3-16,18-20,22,24-28,30-51,53-55,57-60H2,1-2H3,(H,65,68)/b23-21-,29-17-,56-52+. The molecule has 1 amide bonds. The molecular formula is C64H121NO5. The summed E-state index contributed by atoms with van der Waals surface area (Å²) in [5.41, 5.74) is 0. The van der Waals surface area contributed by atoms with Crippen molar-refractivity contribution in [2.75, 3.05) is 13.2 Å². The van der Waals surface area contributed by atoms with E-state index < -0.39 is 12.1 Å². The van der Waals surface area contributed by atoms with Crippen LogP contribution in [0.5, 0.6) is 0 Å². The van der Waals surface area contributed by atoms with Gasteiger partial charge in [0.15, 0.2) is 0 Å². The van der Waals surface area contributed by atoms with Crippen LogP contribution in [-0.2, 0) is 14.3 Å². The smallest absolute Gasteiger partial charge is 0.305 e. The largest absolute Gasteiger partial charge is 0.466 e. The maximum Gasteiger partial charge on any atom is 0.305 e. The molecule has 70 heavy (non-hydrogen) atoms. The minimum absolute atomic E-state index is 0.00408. The van der Waals surface area contributed by atoms with Crippen LogP contribution < -0.4 is 5.32 Å². The number of nitrogens with one attached hydrogen (secondary N) is 1. The molecule has 0 aromatic rings. The van der Waals surface area contributed by atoms with E-state index >= 15 is 0 Å². The minimum atomic E-state index is -0.847. The lowest BCUT2D eigenvalue weighted by Crippen LogP contribution is -2.45. The summed E-state index contributed by atoms with van der Waals surface area (Å²) in [6.45, 7) is 4.90. The lowest BCUT2D eigenvalue weighted by atomic mass is 10.0. The van der Waals surface area contributed by atoms with Crippen LogP contribution in [0.1, 0.15) is 335 Å². The first-order valence-corrected chi connectivity index (χ1v) is 31.3. The van der Waals surface area contributed by atoms with Crippen LogP contribution in [0, 0.1) is 0 Å². The van der Waals surface area contributed by atoms with Crippen LogP contribution in [0.2, 0.25) is 0 Å². The summed E-state index contributed by atoms with van der Waals surface area (Å²) in [6.07, 6.45) is 74.7. The summed E-state index contributed by atoms with van der Waals surface area (Å²) in [6, 6.07) is -0.631. The molecular weight excluding hydrogens is 863 g/mol. The number of aliphatic hydroxyl groups is 2. The molecule has 0 saturated carbocycles. The molecule has 0 aliphatic rings. The summed E-state index contributed by atoms with van der Waals surface area (Å²) in [5, 5.41) is 23.1. The van der Waals surface area contributed by atoms with Gasteiger partial charge in [-0.2, -0.15) is 0 Å². The topological polar surface area (TPSA) is 95.9 Å². The van der Waals surface area contributed by atoms with E-state index in [0.717, 1.165) is 44.9 Å². The molecule has 2 unspecified atom stereocenters. The Morgan fingerprint density at radius 2 is 0.671 bits per heavy atom. The Kier molecular flexibility index (Phi) is 58.0. The zero-order chi connectivity index (χ0) is 50.7. The Hall–Kier alpha value is -1.92. The molecule has 0 radical (unpaired) electrons. The fourth-order valence-electron chi connectivity index (χ4n) is 9.57. The molecule has 0 heterocycles. The molecule has 6 nitrogen and oxygen atoms in total. The van der Waals surface area contributed by atoms with Gasteiger partial charge in [-0.05, 0) is 83.5 Å². The SMILES string of the molecule is CCCCCCCC/C=C\CCCCCCCC(=O)OCCCCCCCCCCCCCC/C=C\CCCCCCCCCCC(=O)NC(CO)C(O)/C=C/CCCCCCCCCCCCCC. The Balaban J connectivity index is 3.42. The Morgan fingerprint density at radius 1 is 0.386 bits per heavy atom. The van der Waals surface area contributed by atoms with Crippen LogP contribution in [0.3, 0.4) is 0 Å². The average molecular weight is 985 g/mol. The summed E-state index contributed by atoms with van der Waals surface area (Å²) in [4.78, 5) is 24.5. The summed E-state index contributed by atoms with van der Waals surface area (Å²) in [7, 11) is 0. The maximum absolute atomic E-state index is 12.5. The molecule has 0 spiro atoms. The van der Waals surface area contributed by atoms with Crippen LogP contribution >= 0.6 is 0 Å². The molecule has 2 atom stereocenters. The number of esters is 1. The van der Waals surface area contributed by atoms with Crippen LogP contribution in [0.4, 0.5) is 0 Å². The van der Waals surface area contributed by atoms with Crippen LogP contribution in [-0.4, -0.2) is 47.4 Å². The van der Waals surface area contributed by atoms with E-state index in [-0.39, 0.29) is 18.5 Å². The van der Waals surface area contributed by atoms with E-state index in [1.54, 1.807) is 6.08 Å². The van der Waals surface area contributed by atoms with Crippen LogP contribution in [0.15, 0.2) is 36.5 Å². The van der Waals surface area contributed by atoms with Gasteiger partial charge in [0.05, 0.1) is 25.4 Å². The molecule has 0 aromatic carbocycles. The molecule has 412 valence electrons. The molecule has 6 heteroatoms. The Morgan fingerprint density at radius 3 is 1.01 bits per heavy atom. The third-order valence-corrected chi connectivity index (χ3v) is 14.4. The quantitative estimate of drug-likeness (QED) is 0.0321. The minimum Gasteiger partial charge on any atom is -0.466 e. The van der Waals surface area contributed by atoms with Gasteiger partial charge in [-0.3, -0.25) is 9.59 Å². The number of allylic oxidation sites excluding steroid dienone is 5. The number of unbranched alkanes of at least 4 members (excludes halogenated alkanes) is 43. The first-order valence-electron chi connectivity index (χ1n) is 31.3. The summed E-state index contributed by atoms with van der Waals surface area (Å²) in [5.74, 6) is -0.0678. The molecule has 0 bridgehead atoms. The molecule has 3 N–H and O–H groups in total. The Bertz CT molecular complexity index is 1130. The molecule has 0 aliphatic carbocycles. The van der Waals surface area contributed by atoms with Crippen molar-refractivity contribution in [3.63, 3.8) is 0 Å². The van der Waals surface area contributed by atoms with Crippen molar-refractivity contribution in [1.29, 1.82) is 0 Å². The first-order chi connectivity index (χ1) is 34.5. The molecule has 0 aliphatic heterocycles. The van der Waals surface area contributed by atoms with Gasteiger partial charge in [0.2, 0.25) is 5.91 Å². The van der Waals surface area contributed by atoms with Crippen molar-refractivity contribution in [2.45, 2.75) is 347 Å². The van der Waals surface area contributed by atoms with Crippen molar-refractivity contribution in [2.24, 2.45) is 0 Å². The lowest BCUT2D eigenvalue weighted by molar-refractivity contribution is -0.143. The number of carbonyl (C=O) groups is 2. The van der Waals surface area contributed by atoms with E-state index in [2.05, 4.69) is 43.5 Å². The van der Waals surface area contributed by atoms with Gasteiger partial charge in [-0.15, -0.1) is 0 Å². The normalized spacial score (nSPS) is 12.8. The van der Waals surface area contributed by atoms with Crippen molar-refractivity contribution in [1.82, 2.24) is 5.32 Å². The van der Waals surface area contributed by atoms with E-state index in [4.69, 9.17) is 4.74 Å². The van der Waals surface area contributed by atoms with Gasteiger partial charge in [-0.25, -0.2) is 0 Å². The van der Waals surface area contributed by atoms with Gasteiger partial charge >= 0.3 is 5.97 Å².